The Labute approximate surface area is 154 Å². The van der Waals surface area contributed by atoms with Gasteiger partial charge in [-0.1, -0.05) is 0 Å². The summed E-state index contributed by atoms with van der Waals surface area (Å²) in [7, 11) is 0. The molecule has 4 aliphatic rings. The van der Waals surface area contributed by atoms with Gasteiger partial charge in [-0.05, 0) is 0 Å². The zero-order valence-corrected chi connectivity index (χ0v) is 16.2. The summed E-state index contributed by atoms with van der Waals surface area (Å²) in [6.07, 6.45) is 2.89. The van der Waals surface area contributed by atoms with E-state index in [2.05, 4.69) is 31.2 Å². The van der Waals surface area contributed by atoms with Gasteiger partial charge >= 0.3 is 155 Å². The van der Waals surface area contributed by atoms with Gasteiger partial charge in [0.25, 0.3) is 0 Å². The molecule has 5 heteroatoms. The molecule has 5 rings (SSSR count). The summed E-state index contributed by atoms with van der Waals surface area (Å²) >= 11 is 0.0722. The molecule has 0 aromatic heterocycles. The Morgan fingerprint density at radius 3 is 2.64 bits per heavy atom. The van der Waals surface area contributed by atoms with E-state index >= 15 is 0 Å². The molecule has 4 fully saturated rings. The molecule has 2 saturated carbocycles. The molecule has 2 heterocycles. The van der Waals surface area contributed by atoms with E-state index in [0.717, 1.165) is 19.3 Å². The minimum absolute atomic E-state index is 0.0381. The molecule has 0 radical (unpaired) electrons. The monoisotopic (exact) mass is 408 g/mol. The minimum atomic E-state index is -0.496. The fourth-order valence-electron chi connectivity index (χ4n) is 5.30. The van der Waals surface area contributed by atoms with Crippen LogP contribution in [0.4, 0.5) is 0 Å². The van der Waals surface area contributed by atoms with Gasteiger partial charge in [-0.2, -0.15) is 0 Å². The maximum absolute atomic E-state index is 13.1. The van der Waals surface area contributed by atoms with Crippen LogP contribution >= 0.6 is 0 Å². The predicted octanol–water partition coefficient (Wildman–Crippen LogP) is 2.16. The zero-order valence-electron chi connectivity index (χ0n) is 14.5. The molecule has 5 atom stereocenters. The van der Waals surface area contributed by atoms with Gasteiger partial charge in [0.1, 0.15) is 0 Å². The molecular weight excluding hydrogens is 383 g/mol. The molecule has 2 saturated heterocycles. The van der Waals surface area contributed by atoms with E-state index in [1.54, 1.807) is 0 Å². The van der Waals surface area contributed by atoms with Gasteiger partial charge in [-0.3, -0.25) is 0 Å². The average molecular weight is 407 g/mol. The Bertz CT molecular complexity index is 672. The summed E-state index contributed by atoms with van der Waals surface area (Å²) in [5.41, 5.74) is 0. The first kappa shape index (κ1) is 16.3. The molecular formula is C20H24O4Se. The number of benzene rings is 1. The molecule has 134 valence electrons. The third-order valence-electron chi connectivity index (χ3n) is 6.50. The molecule has 4 nitrogen and oxygen atoms in total. The number of fused-ring (bicyclic) bond motifs is 3. The van der Waals surface area contributed by atoms with Crippen molar-refractivity contribution in [3.8, 4) is 0 Å². The van der Waals surface area contributed by atoms with Gasteiger partial charge in [-0.15, -0.1) is 0 Å². The standard InChI is InChI=1S/C20H24O4Se/c1-13-10-19(23-7-8-24-19)11-14-12-22-18(21)20(14,17-9-16(13)17)25-15-5-3-2-4-6-15/h2-6,13-14,16-17H,7-12H2,1H3/t13-,14+,16+,17+,20+/m1/s1. The van der Waals surface area contributed by atoms with Crippen LogP contribution in [-0.4, -0.2) is 46.5 Å². The molecule has 0 bridgehead atoms. The summed E-state index contributed by atoms with van der Waals surface area (Å²) in [5, 5.41) is 0. The predicted molar refractivity (Wildman–Crippen MR) is 93.6 cm³/mol. The second-order valence-corrected chi connectivity index (χ2v) is 10.8. The van der Waals surface area contributed by atoms with Crippen LogP contribution in [0.2, 0.25) is 4.31 Å². The number of rotatable bonds is 2. The molecule has 25 heavy (non-hydrogen) atoms. The Hall–Kier alpha value is -0.871. The van der Waals surface area contributed by atoms with Crippen molar-refractivity contribution >= 4 is 25.4 Å². The van der Waals surface area contributed by atoms with E-state index in [4.69, 9.17) is 14.2 Å². The molecule has 1 aromatic carbocycles. The van der Waals surface area contributed by atoms with Crippen molar-refractivity contribution < 1.29 is 19.0 Å². The SMILES string of the molecule is C[C@@H]1CC2(C[C@H]3COC(=O)[C@@]3([Se]c3ccccc3)[C@H]3C[C@@H]13)OCCO2. The van der Waals surface area contributed by atoms with E-state index < -0.39 is 5.79 Å². The van der Waals surface area contributed by atoms with Crippen LogP contribution in [0.25, 0.3) is 0 Å². The fourth-order valence-corrected chi connectivity index (χ4v) is 8.58. The van der Waals surface area contributed by atoms with Crippen LogP contribution in [0.1, 0.15) is 26.2 Å². The summed E-state index contributed by atoms with van der Waals surface area (Å²) in [4.78, 5) is 13.1. The van der Waals surface area contributed by atoms with Crippen molar-refractivity contribution in [2.45, 2.75) is 36.3 Å². The van der Waals surface area contributed by atoms with Gasteiger partial charge in [-0.25, -0.2) is 0 Å². The fraction of sp³-hybridized carbons (Fsp3) is 0.650. The maximum atomic E-state index is 13.1. The second-order valence-electron chi connectivity index (χ2n) is 8.00. The Kier molecular flexibility index (Phi) is 3.80. The van der Waals surface area contributed by atoms with Crippen LogP contribution in [0.15, 0.2) is 30.3 Å². The van der Waals surface area contributed by atoms with Crippen LogP contribution in [0.5, 0.6) is 0 Å². The first-order chi connectivity index (χ1) is 12.1. The molecule has 1 aromatic rings. The summed E-state index contributed by atoms with van der Waals surface area (Å²) in [5.74, 6) is 1.35. The van der Waals surface area contributed by atoms with Gasteiger partial charge in [0.2, 0.25) is 0 Å². The molecule has 0 N–H and O–H groups in total. The van der Waals surface area contributed by atoms with E-state index in [1.807, 2.05) is 6.07 Å². The Morgan fingerprint density at radius 2 is 1.88 bits per heavy atom. The quantitative estimate of drug-likeness (QED) is 0.557. The van der Waals surface area contributed by atoms with Crippen molar-refractivity contribution in [2.75, 3.05) is 19.8 Å². The zero-order chi connectivity index (χ0) is 17.1. The summed E-state index contributed by atoms with van der Waals surface area (Å²) in [6.45, 7) is 4.17. The molecule has 2 aliphatic heterocycles. The Morgan fingerprint density at radius 1 is 1.12 bits per heavy atom. The molecule has 1 spiro atoms. The average Bonchev–Trinajstić information content (AvgIpc) is 3.21. The van der Waals surface area contributed by atoms with E-state index in [9.17, 15) is 4.79 Å². The van der Waals surface area contributed by atoms with Crippen LogP contribution < -0.4 is 4.46 Å². The number of esters is 1. The number of hydrogen-bond acceptors (Lipinski definition) is 4. The van der Waals surface area contributed by atoms with Gasteiger partial charge in [0, 0.05) is 0 Å². The van der Waals surface area contributed by atoms with E-state index in [1.165, 1.54) is 4.46 Å². The van der Waals surface area contributed by atoms with Crippen molar-refractivity contribution in [3.63, 3.8) is 0 Å². The van der Waals surface area contributed by atoms with Crippen molar-refractivity contribution in [1.82, 2.24) is 0 Å². The molecule has 0 unspecified atom stereocenters. The third kappa shape index (κ3) is 2.51. The first-order valence-electron chi connectivity index (χ1n) is 9.32. The van der Waals surface area contributed by atoms with Crippen LogP contribution in [-0.2, 0) is 19.0 Å². The number of cyclic esters (lactones) is 1. The van der Waals surface area contributed by atoms with Crippen LogP contribution in [0.3, 0.4) is 0 Å². The van der Waals surface area contributed by atoms with Crippen LogP contribution in [0, 0.1) is 23.7 Å². The number of carbonyl (C=O) groups excluding carboxylic acids is 1. The summed E-state index contributed by atoms with van der Waals surface area (Å²) < 4.78 is 18.9. The van der Waals surface area contributed by atoms with E-state index in [0.29, 0.717) is 37.6 Å². The van der Waals surface area contributed by atoms with Crippen molar-refractivity contribution in [2.24, 2.45) is 23.7 Å². The molecule has 2 aliphatic carbocycles. The number of hydrogen-bond donors (Lipinski definition) is 0. The number of carbonyl (C=O) groups is 1. The number of ether oxygens (including phenoxy) is 3. The summed E-state index contributed by atoms with van der Waals surface area (Å²) in [6, 6.07) is 10.5. The topological polar surface area (TPSA) is 44.8 Å². The first-order valence-corrected chi connectivity index (χ1v) is 11.0. The van der Waals surface area contributed by atoms with Crippen molar-refractivity contribution in [3.05, 3.63) is 30.3 Å². The third-order valence-corrected chi connectivity index (χ3v) is 9.95. The van der Waals surface area contributed by atoms with Gasteiger partial charge < -0.3 is 0 Å². The second kappa shape index (κ2) is 5.82. The van der Waals surface area contributed by atoms with Crippen molar-refractivity contribution in [1.29, 1.82) is 0 Å². The van der Waals surface area contributed by atoms with E-state index in [-0.39, 0.29) is 31.2 Å². The normalized spacial score (nSPS) is 41.6. The Balaban J connectivity index is 1.55. The van der Waals surface area contributed by atoms with Gasteiger partial charge in [0.15, 0.2) is 0 Å². The molecule has 0 amide bonds. The van der Waals surface area contributed by atoms with Gasteiger partial charge in [0.05, 0.1) is 0 Å².